The predicted molar refractivity (Wildman–Crippen MR) is 147 cm³/mol. The Hall–Kier alpha value is -3.46. The molecule has 0 aliphatic carbocycles. The molecule has 0 atom stereocenters. The van der Waals surface area contributed by atoms with Crippen LogP contribution in [-0.2, 0) is 17.9 Å². The summed E-state index contributed by atoms with van der Waals surface area (Å²) in [4.78, 5) is 44.2. The van der Waals surface area contributed by atoms with Gasteiger partial charge in [0, 0.05) is 43.3 Å². The third-order valence-electron chi connectivity index (χ3n) is 6.54. The van der Waals surface area contributed by atoms with Crippen LogP contribution in [0, 0.1) is 5.82 Å². The van der Waals surface area contributed by atoms with Crippen molar-refractivity contribution in [1.29, 1.82) is 0 Å². The molecule has 0 N–H and O–H groups in total. The largest absolute Gasteiger partial charge is 0.336 e. The van der Waals surface area contributed by atoms with Crippen LogP contribution in [0.1, 0.15) is 27.0 Å². The molecule has 9 heteroatoms. The molecule has 3 aromatic carbocycles. The maximum Gasteiger partial charge on any atom is 0.293 e. The second-order valence-electron chi connectivity index (χ2n) is 9.21. The van der Waals surface area contributed by atoms with Crippen molar-refractivity contribution in [2.75, 3.05) is 26.2 Å². The molecular weight excluding hydrogens is 525 g/mol. The van der Waals surface area contributed by atoms with Gasteiger partial charge in [-0.3, -0.25) is 24.2 Å². The Labute approximate surface area is 229 Å². The van der Waals surface area contributed by atoms with E-state index in [1.165, 1.54) is 17.7 Å². The lowest BCUT2D eigenvalue weighted by Gasteiger charge is -2.34. The number of hydrogen-bond donors (Lipinski definition) is 0. The number of imide groups is 1. The Bertz CT molecular complexity index is 1390. The van der Waals surface area contributed by atoms with E-state index in [4.69, 9.17) is 11.6 Å². The smallest absolute Gasteiger partial charge is 0.293 e. The standard InChI is InChI=1S/C29H25ClFN3O3S/c30-24-8-4-20(5-9-24)18-32-12-14-33(15-13-32)27(35)23-3-1-2-22(16-23)17-26-28(36)34(29(37)38-26)19-21-6-10-25(31)11-7-21/h1-11,16-17H,12-15,18-19H2/b26-17-. The van der Waals surface area contributed by atoms with Crippen molar-refractivity contribution in [3.8, 4) is 0 Å². The second-order valence-corrected chi connectivity index (χ2v) is 10.6. The number of halogens is 2. The molecule has 38 heavy (non-hydrogen) atoms. The number of thioether (sulfide) groups is 1. The van der Waals surface area contributed by atoms with Gasteiger partial charge in [-0.1, -0.05) is 48.0 Å². The van der Waals surface area contributed by atoms with E-state index in [-0.39, 0.29) is 28.4 Å². The van der Waals surface area contributed by atoms with E-state index in [1.807, 2.05) is 29.2 Å². The average molecular weight is 550 g/mol. The summed E-state index contributed by atoms with van der Waals surface area (Å²) in [5.41, 5.74) is 3.06. The minimum atomic E-state index is -0.405. The van der Waals surface area contributed by atoms with Gasteiger partial charge in [0.05, 0.1) is 11.4 Å². The van der Waals surface area contributed by atoms with Gasteiger partial charge in [-0.25, -0.2) is 4.39 Å². The molecule has 3 aromatic rings. The maximum atomic E-state index is 13.2. The van der Waals surface area contributed by atoms with Crippen LogP contribution in [0.25, 0.3) is 6.08 Å². The number of amides is 3. The van der Waals surface area contributed by atoms with E-state index >= 15 is 0 Å². The molecule has 0 aromatic heterocycles. The van der Waals surface area contributed by atoms with Crippen LogP contribution in [0.4, 0.5) is 9.18 Å². The fourth-order valence-electron chi connectivity index (χ4n) is 4.46. The zero-order chi connectivity index (χ0) is 26.6. The molecule has 6 nitrogen and oxygen atoms in total. The molecule has 3 amide bonds. The van der Waals surface area contributed by atoms with Gasteiger partial charge in [0.15, 0.2) is 0 Å². The highest BCUT2D eigenvalue weighted by Crippen LogP contribution is 2.33. The summed E-state index contributed by atoms with van der Waals surface area (Å²) in [5, 5.41) is 0.334. The molecule has 2 fully saturated rings. The van der Waals surface area contributed by atoms with E-state index < -0.39 is 5.91 Å². The summed E-state index contributed by atoms with van der Waals surface area (Å²) < 4.78 is 13.2. The fraction of sp³-hybridized carbons (Fsp3) is 0.207. The number of carbonyl (C=O) groups excluding carboxylic acids is 3. The van der Waals surface area contributed by atoms with Crippen LogP contribution in [0.15, 0.2) is 77.7 Å². The van der Waals surface area contributed by atoms with Crippen molar-refractivity contribution >= 4 is 46.5 Å². The normalized spacial score (nSPS) is 17.5. The van der Waals surface area contributed by atoms with Crippen LogP contribution in [0.3, 0.4) is 0 Å². The van der Waals surface area contributed by atoms with Crippen LogP contribution >= 0.6 is 23.4 Å². The molecule has 2 heterocycles. The topological polar surface area (TPSA) is 60.9 Å². The molecule has 0 unspecified atom stereocenters. The molecule has 0 bridgehead atoms. The Morgan fingerprint density at radius 2 is 1.55 bits per heavy atom. The Kier molecular flexibility index (Phi) is 7.93. The van der Waals surface area contributed by atoms with E-state index in [1.54, 1.807) is 42.5 Å². The highest BCUT2D eigenvalue weighted by molar-refractivity contribution is 8.18. The first-order valence-electron chi connectivity index (χ1n) is 12.2. The molecule has 0 radical (unpaired) electrons. The SMILES string of the molecule is O=C(c1cccc(/C=C2\SC(=O)N(Cc3ccc(F)cc3)C2=O)c1)N1CCN(Cc2ccc(Cl)cc2)CC1. The van der Waals surface area contributed by atoms with E-state index in [0.29, 0.717) is 34.8 Å². The highest BCUT2D eigenvalue weighted by Gasteiger charge is 2.35. The third kappa shape index (κ3) is 6.15. The van der Waals surface area contributed by atoms with Crippen LogP contribution in [0.2, 0.25) is 5.02 Å². The van der Waals surface area contributed by atoms with Gasteiger partial charge < -0.3 is 4.90 Å². The van der Waals surface area contributed by atoms with Crippen LogP contribution in [0.5, 0.6) is 0 Å². The minimum Gasteiger partial charge on any atom is -0.336 e. The van der Waals surface area contributed by atoms with Gasteiger partial charge in [0.1, 0.15) is 5.82 Å². The number of hydrogen-bond acceptors (Lipinski definition) is 5. The highest BCUT2D eigenvalue weighted by atomic mass is 35.5. The van der Waals surface area contributed by atoms with Crippen molar-refractivity contribution in [3.05, 3.63) is 111 Å². The van der Waals surface area contributed by atoms with Crippen molar-refractivity contribution in [1.82, 2.24) is 14.7 Å². The minimum absolute atomic E-state index is 0.0594. The summed E-state index contributed by atoms with van der Waals surface area (Å²) in [6, 6.07) is 20.6. The first-order chi connectivity index (χ1) is 18.4. The Morgan fingerprint density at radius 1 is 0.895 bits per heavy atom. The van der Waals surface area contributed by atoms with Crippen LogP contribution in [-0.4, -0.2) is 57.9 Å². The van der Waals surface area contributed by atoms with Gasteiger partial charge >= 0.3 is 0 Å². The summed E-state index contributed by atoms with van der Waals surface area (Å²) >= 11 is 6.83. The quantitative estimate of drug-likeness (QED) is 0.371. The summed E-state index contributed by atoms with van der Waals surface area (Å²) in [6.07, 6.45) is 1.64. The summed E-state index contributed by atoms with van der Waals surface area (Å²) in [6.45, 7) is 3.68. The number of rotatable bonds is 6. The van der Waals surface area contributed by atoms with Gasteiger partial charge in [-0.05, 0) is 70.9 Å². The average Bonchev–Trinajstić information content (AvgIpc) is 3.18. The number of nitrogens with zero attached hydrogens (tertiary/aromatic N) is 3. The number of piperazine rings is 1. The van der Waals surface area contributed by atoms with Crippen molar-refractivity contribution in [2.24, 2.45) is 0 Å². The monoisotopic (exact) mass is 549 g/mol. The zero-order valence-electron chi connectivity index (χ0n) is 20.5. The predicted octanol–water partition coefficient (Wildman–Crippen LogP) is 5.67. The van der Waals surface area contributed by atoms with Gasteiger partial charge in [-0.15, -0.1) is 0 Å². The maximum absolute atomic E-state index is 13.2. The van der Waals surface area contributed by atoms with Crippen molar-refractivity contribution < 1.29 is 18.8 Å². The molecule has 5 rings (SSSR count). The summed E-state index contributed by atoms with van der Waals surface area (Å²) in [7, 11) is 0. The molecular formula is C29H25ClFN3O3S. The number of carbonyl (C=O) groups is 3. The third-order valence-corrected chi connectivity index (χ3v) is 7.70. The van der Waals surface area contributed by atoms with Crippen molar-refractivity contribution in [3.63, 3.8) is 0 Å². The lowest BCUT2D eigenvalue weighted by atomic mass is 10.1. The second kappa shape index (κ2) is 11.5. The van der Waals surface area contributed by atoms with Crippen molar-refractivity contribution in [2.45, 2.75) is 13.1 Å². The molecule has 2 aliphatic rings. The van der Waals surface area contributed by atoms with Gasteiger partial charge in [-0.2, -0.15) is 0 Å². The number of benzene rings is 3. The van der Waals surface area contributed by atoms with E-state index in [0.717, 1.165) is 36.3 Å². The molecule has 194 valence electrons. The van der Waals surface area contributed by atoms with Gasteiger partial charge in [0.25, 0.3) is 17.1 Å². The first kappa shape index (κ1) is 26.2. The van der Waals surface area contributed by atoms with Crippen LogP contribution < -0.4 is 0 Å². The molecule has 0 spiro atoms. The lowest BCUT2D eigenvalue weighted by Crippen LogP contribution is -2.48. The lowest BCUT2D eigenvalue weighted by molar-refractivity contribution is -0.123. The zero-order valence-corrected chi connectivity index (χ0v) is 22.1. The van der Waals surface area contributed by atoms with Gasteiger partial charge in [0.2, 0.25) is 0 Å². The first-order valence-corrected chi connectivity index (χ1v) is 13.4. The fourth-order valence-corrected chi connectivity index (χ4v) is 5.43. The molecule has 2 saturated heterocycles. The summed E-state index contributed by atoms with van der Waals surface area (Å²) in [5.74, 6) is -0.842. The van der Waals surface area contributed by atoms with E-state index in [2.05, 4.69) is 4.90 Å². The molecule has 0 saturated carbocycles. The molecule has 2 aliphatic heterocycles. The Balaban J connectivity index is 1.21. The Morgan fingerprint density at radius 3 is 2.26 bits per heavy atom. The van der Waals surface area contributed by atoms with E-state index in [9.17, 15) is 18.8 Å².